The van der Waals surface area contributed by atoms with Crippen molar-refractivity contribution in [3.63, 3.8) is 0 Å². The molecule has 0 saturated carbocycles. The Morgan fingerprint density at radius 2 is 1.94 bits per heavy atom. The lowest BCUT2D eigenvalue weighted by Gasteiger charge is -2.26. The molecule has 4 aromatic heterocycles. The SMILES string of the molecule is COc1ncc(-c2ccc3ncc(-c4cn(CCCN5CCOCC5)nn4)n3n2)cc1NS(C)(=O)=O. The molecule has 1 aliphatic heterocycles. The van der Waals surface area contributed by atoms with E-state index in [1.54, 1.807) is 29.0 Å². The molecule has 0 bridgehead atoms. The molecule has 0 unspecified atom stereocenters. The van der Waals surface area contributed by atoms with Crippen molar-refractivity contribution >= 4 is 21.4 Å². The van der Waals surface area contributed by atoms with Gasteiger partial charge in [0.2, 0.25) is 15.9 Å². The number of aryl methyl sites for hydroxylation is 1. The van der Waals surface area contributed by atoms with Crippen LogP contribution in [0.3, 0.4) is 0 Å². The highest BCUT2D eigenvalue weighted by Gasteiger charge is 2.16. The summed E-state index contributed by atoms with van der Waals surface area (Å²) in [6.07, 6.45) is 7.20. The molecule has 36 heavy (non-hydrogen) atoms. The monoisotopic (exact) mass is 513 g/mol. The molecule has 0 aromatic carbocycles. The molecule has 190 valence electrons. The number of sulfonamides is 1. The highest BCUT2D eigenvalue weighted by molar-refractivity contribution is 7.92. The van der Waals surface area contributed by atoms with Crippen LogP contribution in [0.15, 0.2) is 36.8 Å². The topological polar surface area (TPSA) is 142 Å². The molecule has 4 aromatic rings. The van der Waals surface area contributed by atoms with Crippen molar-refractivity contribution in [3.05, 3.63) is 36.8 Å². The predicted molar refractivity (Wildman–Crippen MR) is 132 cm³/mol. The van der Waals surface area contributed by atoms with Gasteiger partial charge in [-0.15, -0.1) is 5.10 Å². The first-order chi connectivity index (χ1) is 17.4. The molecule has 1 N–H and O–H groups in total. The Morgan fingerprint density at radius 1 is 1.11 bits per heavy atom. The summed E-state index contributed by atoms with van der Waals surface area (Å²) in [4.78, 5) is 11.0. The van der Waals surface area contributed by atoms with Crippen LogP contribution in [0.2, 0.25) is 0 Å². The van der Waals surface area contributed by atoms with Crippen molar-refractivity contribution in [3.8, 4) is 28.5 Å². The fraction of sp³-hybridized carbons (Fsp3) is 0.409. The lowest BCUT2D eigenvalue weighted by molar-refractivity contribution is 0.0368. The number of pyridine rings is 1. The molecular weight excluding hydrogens is 486 g/mol. The summed E-state index contributed by atoms with van der Waals surface area (Å²) in [5, 5.41) is 13.3. The van der Waals surface area contributed by atoms with E-state index in [0.717, 1.165) is 52.1 Å². The zero-order valence-corrected chi connectivity index (χ0v) is 20.8. The van der Waals surface area contributed by atoms with E-state index in [9.17, 15) is 8.42 Å². The van der Waals surface area contributed by atoms with Gasteiger partial charge in [-0.25, -0.2) is 22.9 Å². The van der Waals surface area contributed by atoms with Gasteiger partial charge in [-0.2, -0.15) is 5.10 Å². The van der Waals surface area contributed by atoms with E-state index < -0.39 is 10.0 Å². The van der Waals surface area contributed by atoms with Crippen LogP contribution in [-0.2, 0) is 21.3 Å². The van der Waals surface area contributed by atoms with Crippen molar-refractivity contribution in [2.24, 2.45) is 0 Å². The van der Waals surface area contributed by atoms with Gasteiger partial charge >= 0.3 is 0 Å². The second kappa shape index (κ2) is 10.2. The van der Waals surface area contributed by atoms with Crippen LogP contribution in [0.5, 0.6) is 5.88 Å². The van der Waals surface area contributed by atoms with E-state index in [0.29, 0.717) is 28.3 Å². The van der Waals surface area contributed by atoms with E-state index in [-0.39, 0.29) is 11.6 Å². The molecule has 0 spiro atoms. The summed E-state index contributed by atoms with van der Waals surface area (Å²) in [6.45, 7) is 5.26. The minimum atomic E-state index is -3.52. The summed E-state index contributed by atoms with van der Waals surface area (Å²) < 4.78 is 40.0. The molecule has 13 nitrogen and oxygen atoms in total. The summed E-state index contributed by atoms with van der Waals surface area (Å²) in [5.41, 5.74) is 3.41. The molecule has 14 heteroatoms. The van der Waals surface area contributed by atoms with Crippen LogP contribution in [0.4, 0.5) is 5.69 Å². The van der Waals surface area contributed by atoms with Crippen molar-refractivity contribution < 1.29 is 17.9 Å². The van der Waals surface area contributed by atoms with Crippen molar-refractivity contribution in [1.82, 2.24) is 39.5 Å². The van der Waals surface area contributed by atoms with Crippen LogP contribution in [0.25, 0.3) is 28.3 Å². The molecule has 1 saturated heterocycles. The lowest BCUT2D eigenvalue weighted by Crippen LogP contribution is -2.37. The molecule has 0 amide bonds. The Labute approximate surface area is 208 Å². The summed E-state index contributed by atoms with van der Waals surface area (Å²) >= 11 is 0. The van der Waals surface area contributed by atoms with Crippen molar-refractivity contribution in [2.45, 2.75) is 13.0 Å². The summed E-state index contributed by atoms with van der Waals surface area (Å²) in [5.74, 6) is 0.166. The highest BCUT2D eigenvalue weighted by atomic mass is 32.2. The standard InChI is InChI=1S/C22H27N9O4S/c1-34-22-18(27-36(2,32)33)12-16(13-24-22)17-4-5-21-23-14-20(31(21)26-17)19-15-30(28-25-19)7-3-6-29-8-10-35-11-9-29/h4-5,12-15,27H,3,6-11H2,1-2H3. The van der Waals surface area contributed by atoms with Crippen LogP contribution >= 0.6 is 0 Å². The van der Waals surface area contributed by atoms with Gasteiger partial charge < -0.3 is 9.47 Å². The van der Waals surface area contributed by atoms with Gasteiger partial charge in [0.05, 0.1) is 44.7 Å². The number of hydrogen-bond acceptors (Lipinski definition) is 10. The predicted octanol–water partition coefficient (Wildman–Crippen LogP) is 1.15. The number of nitrogens with one attached hydrogen (secondary N) is 1. The minimum absolute atomic E-state index is 0.166. The van der Waals surface area contributed by atoms with Crippen molar-refractivity contribution in [2.75, 3.05) is 50.9 Å². The number of fused-ring (bicyclic) bond motifs is 1. The third kappa shape index (κ3) is 5.45. The smallest absolute Gasteiger partial charge is 0.238 e. The third-order valence-corrected chi connectivity index (χ3v) is 6.35. The number of imidazole rings is 1. The lowest BCUT2D eigenvalue weighted by atomic mass is 10.2. The minimum Gasteiger partial charge on any atom is -0.480 e. The van der Waals surface area contributed by atoms with Crippen LogP contribution in [0, 0.1) is 0 Å². The molecule has 5 heterocycles. The molecule has 5 rings (SSSR count). The quantitative estimate of drug-likeness (QED) is 0.346. The molecule has 1 aliphatic rings. The number of anilines is 1. The first kappa shape index (κ1) is 24.1. The Kier molecular flexibility index (Phi) is 6.80. The fourth-order valence-electron chi connectivity index (χ4n) is 4.04. The van der Waals surface area contributed by atoms with Gasteiger partial charge in [-0.1, -0.05) is 5.21 Å². The van der Waals surface area contributed by atoms with Gasteiger partial charge in [0, 0.05) is 37.9 Å². The Morgan fingerprint density at radius 3 is 2.72 bits per heavy atom. The fourth-order valence-corrected chi connectivity index (χ4v) is 4.58. The van der Waals surface area contributed by atoms with E-state index in [1.807, 2.05) is 16.9 Å². The van der Waals surface area contributed by atoms with Gasteiger partial charge in [0.25, 0.3) is 0 Å². The summed E-state index contributed by atoms with van der Waals surface area (Å²) in [7, 11) is -2.10. The average Bonchev–Trinajstić information content (AvgIpc) is 3.50. The normalized spacial score (nSPS) is 14.8. The number of rotatable bonds is 9. The van der Waals surface area contributed by atoms with Gasteiger partial charge in [-0.3, -0.25) is 14.3 Å². The number of aromatic nitrogens is 7. The zero-order chi connectivity index (χ0) is 25.1. The average molecular weight is 514 g/mol. The Bertz CT molecular complexity index is 1460. The molecule has 0 atom stereocenters. The second-order valence-electron chi connectivity index (χ2n) is 8.46. The van der Waals surface area contributed by atoms with Gasteiger partial charge in [-0.05, 0) is 24.6 Å². The number of hydrogen-bond donors (Lipinski definition) is 1. The Hall–Kier alpha value is -3.62. The third-order valence-electron chi connectivity index (χ3n) is 5.76. The maximum Gasteiger partial charge on any atom is 0.238 e. The number of ether oxygens (including phenoxy) is 2. The maximum atomic E-state index is 11.8. The number of methoxy groups -OCH3 is 1. The van der Waals surface area contributed by atoms with E-state index in [1.165, 1.54) is 7.11 Å². The zero-order valence-electron chi connectivity index (χ0n) is 20.0. The second-order valence-corrected chi connectivity index (χ2v) is 10.2. The largest absolute Gasteiger partial charge is 0.480 e. The molecular formula is C22H27N9O4S. The highest BCUT2D eigenvalue weighted by Crippen LogP contribution is 2.28. The number of morpholine rings is 1. The molecule has 0 radical (unpaired) electrons. The first-order valence-corrected chi connectivity index (χ1v) is 13.4. The van der Waals surface area contributed by atoms with E-state index >= 15 is 0 Å². The van der Waals surface area contributed by atoms with Crippen LogP contribution in [-0.4, -0.2) is 94.1 Å². The van der Waals surface area contributed by atoms with E-state index in [4.69, 9.17) is 14.6 Å². The van der Waals surface area contributed by atoms with Gasteiger partial charge in [0.15, 0.2) is 5.65 Å². The maximum absolute atomic E-state index is 11.8. The first-order valence-electron chi connectivity index (χ1n) is 11.5. The van der Waals surface area contributed by atoms with E-state index in [2.05, 4.69) is 29.9 Å². The number of nitrogens with zero attached hydrogens (tertiary/aromatic N) is 8. The van der Waals surface area contributed by atoms with Crippen LogP contribution in [0.1, 0.15) is 6.42 Å². The molecule has 0 aliphatic carbocycles. The Balaban J connectivity index is 1.37. The summed E-state index contributed by atoms with van der Waals surface area (Å²) in [6, 6.07) is 5.25. The molecule has 1 fully saturated rings. The van der Waals surface area contributed by atoms with Gasteiger partial charge in [0.1, 0.15) is 17.1 Å². The van der Waals surface area contributed by atoms with Crippen LogP contribution < -0.4 is 9.46 Å². The van der Waals surface area contributed by atoms with Crippen molar-refractivity contribution in [1.29, 1.82) is 0 Å².